The van der Waals surface area contributed by atoms with Gasteiger partial charge in [0.25, 0.3) is 5.69 Å². The van der Waals surface area contributed by atoms with E-state index in [2.05, 4.69) is 4.72 Å². The highest BCUT2D eigenvalue weighted by atomic mass is 32.2. The molecule has 3 rings (SSSR count). The van der Waals surface area contributed by atoms with Crippen LogP contribution < -0.4 is 4.72 Å². The van der Waals surface area contributed by atoms with Crippen LogP contribution in [0.15, 0.2) is 29.2 Å². The summed E-state index contributed by atoms with van der Waals surface area (Å²) in [5.74, 6) is 0. The summed E-state index contributed by atoms with van der Waals surface area (Å²) < 4.78 is 86.7. The van der Waals surface area contributed by atoms with Gasteiger partial charge in [0.1, 0.15) is 48.8 Å². The summed E-state index contributed by atoms with van der Waals surface area (Å²) in [5, 5.41) is 11.0. The van der Waals surface area contributed by atoms with E-state index >= 15 is 0 Å². The second-order valence-corrected chi connectivity index (χ2v) is 11.2. The maximum atomic E-state index is 13.1. The Morgan fingerprint density at radius 3 is 1.76 bits per heavy atom. The first kappa shape index (κ1) is 34.6. The molecular formula is C25H40N2O14S. The largest absolute Gasteiger partial charge is 0.382 e. The molecule has 0 aromatic heterocycles. The topological polar surface area (TPSA) is 182 Å². The van der Waals surface area contributed by atoms with Crippen molar-refractivity contribution >= 4 is 15.7 Å². The molecule has 2 heterocycles. The van der Waals surface area contributed by atoms with Gasteiger partial charge in [0.2, 0.25) is 10.0 Å². The van der Waals surface area contributed by atoms with Crippen molar-refractivity contribution in [2.75, 3.05) is 62.9 Å². The van der Waals surface area contributed by atoms with Crippen molar-refractivity contribution in [3.05, 3.63) is 34.4 Å². The van der Waals surface area contributed by atoms with Crippen LogP contribution in [0.4, 0.5) is 5.69 Å². The van der Waals surface area contributed by atoms with Crippen molar-refractivity contribution in [2.45, 2.75) is 66.3 Å². The summed E-state index contributed by atoms with van der Waals surface area (Å²) in [4.78, 5) is 10.2. The average molecular weight is 625 g/mol. The zero-order chi connectivity index (χ0) is 31.0. The lowest BCUT2D eigenvalue weighted by Crippen LogP contribution is -2.66. The fourth-order valence-electron chi connectivity index (χ4n) is 5.18. The summed E-state index contributed by atoms with van der Waals surface area (Å²) in [6.07, 6.45) is -8.07. The molecule has 17 heteroatoms. The van der Waals surface area contributed by atoms with Crippen LogP contribution in [0.1, 0.15) is 0 Å². The molecule has 2 fully saturated rings. The summed E-state index contributed by atoms with van der Waals surface area (Å²) in [5.41, 5.74) is -0.244. The van der Waals surface area contributed by atoms with Gasteiger partial charge in [-0.15, -0.1) is 0 Å². The highest BCUT2D eigenvalue weighted by molar-refractivity contribution is 7.89. The summed E-state index contributed by atoms with van der Waals surface area (Å²) in [6.45, 7) is -0.130. The number of rotatable bonds is 15. The molecule has 240 valence electrons. The fourth-order valence-corrected chi connectivity index (χ4v) is 6.22. The van der Waals surface area contributed by atoms with Crippen molar-refractivity contribution in [1.82, 2.24) is 4.72 Å². The molecule has 1 N–H and O–H groups in total. The standard InChI is InChI=1S/C25H40N2O14S/c1-32-13-17-18(33-2)20(34-3)23(37-6)25(40-17)41-19-16(39-24(38-7)22(36-5)21(19)35-4)12-26-42(30,31)15-10-8-14(9-11-15)27(28)29/h8-11,16-26H,12-13H2,1-7H3/t16-,17-,18-,19-,20+,21+,22-,23+,24+,25-/m1/s1. The van der Waals surface area contributed by atoms with Gasteiger partial charge >= 0.3 is 0 Å². The Morgan fingerprint density at radius 1 is 0.738 bits per heavy atom. The molecule has 10 atom stereocenters. The Labute approximate surface area is 244 Å². The Balaban J connectivity index is 1.91. The number of nitrogens with zero attached hydrogens (tertiary/aromatic N) is 1. The number of nitro benzene ring substituents is 1. The maximum Gasteiger partial charge on any atom is 0.269 e. The minimum Gasteiger partial charge on any atom is -0.382 e. The molecule has 0 amide bonds. The molecule has 0 aliphatic carbocycles. The first-order valence-electron chi connectivity index (χ1n) is 13.0. The molecule has 16 nitrogen and oxygen atoms in total. The van der Waals surface area contributed by atoms with Gasteiger partial charge < -0.3 is 47.4 Å². The number of hydrogen-bond acceptors (Lipinski definition) is 14. The van der Waals surface area contributed by atoms with Crippen LogP contribution >= 0.6 is 0 Å². The zero-order valence-electron chi connectivity index (χ0n) is 24.6. The molecule has 0 radical (unpaired) electrons. The van der Waals surface area contributed by atoms with Crippen molar-refractivity contribution < 1.29 is 60.7 Å². The second kappa shape index (κ2) is 15.7. The van der Waals surface area contributed by atoms with Crippen molar-refractivity contribution in [3.63, 3.8) is 0 Å². The second-order valence-electron chi connectivity index (χ2n) is 9.48. The summed E-state index contributed by atoms with van der Waals surface area (Å²) in [7, 11) is 6.23. The molecule has 0 bridgehead atoms. The van der Waals surface area contributed by atoms with Crippen LogP contribution in [-0.2, 0) is 57.4 Å². The van der Waals surface area contributed by atoms with E-state index in [-0.39, 0.29) is 23.7 Å². The minimum absolute atomic E-state index is 0.161. The van der Waals surface area contributed by atoms with E-state index in [1.54, 1.807) is 0 Å². The van der Waals surface area contributed by atoms with E-state index in [0.29, 0.717) is 0 Å². The molecule has 2 saturated heterocycles. The van der Waals surface area contributed by atoms with Gasteiger partial charge in [-0.1, -0.05) is 0 Å². The van der Waals surface area contributed by atoms with Gasteiger partial charge in [-0.2, -0.15) is 0 Å². The third kappa shape index (κ3) is 7.61. The predicted molar refractivity (Wildman–Crippen MR) is 143 cm³/mol. The molecule has 1 aromatic rings. The molecule has 2 aliphatic heterocycles. The Kier molecular flexibility index (Phi) is 13.0. The number of hydrogen-bond donors (Lipinski definition) is 1. The number of methoxy groups -OCH3 is 7. The SMILES string of the molecule is COC[C@H]1O[C@H](O[C@H]2[C@H](OC)[C@@H](OC)[C@@H](OC)O[C@@H]2CNS(=O)(=O)c2ccc([N+](=O)[O-])cc2)[C@@H](OC)[C@@H](OC)[C@@H]1OC. The Bertz CT molecular complexity index is 1090. The smallest absolute Gasteiger partial charge is 0.269 e. The van der Waals surface area contributed by atoms with Crippen LogP contribution in [0.3, 0.4) is 0 Å². The zero-order valence-corrected chi connectivity index (χ0v) is 25.4. The van der Waals surface area contributed by atoms with Crippen molar-refractivity contribution in [2.24, 2.45) is 0 Å². The van der Waals surface area contributed by atoms with E-state index in [4.69, 9.17) is 47.4 Å². The van der Waals surface area contributed by atoms with Crippen LogP contribution in [0, 0.1) is 10.1 Å². The molecule has 2 aliphatic rings. The lowest BCUT2D eigenvalue weighted by Gasteiger charge is -2.49. The lowest BCUT2D eigenvalue weighted by atomic mass is 9.96. The number of sulfonamides is 1. The normalized spacial score (nSPS) is 33.9. The number of non-ortho nitro benzene ring substituents is 1. The third-order valence-electron chi connectivity index (χ3n) is 7.23. The summed E-state index contributed by atoms with van der Waals surface area (Å²) >= 11 is 0. The van der Waals surface area contributed by atoms with E-state index < -0.39 is 76.4 Å². The molecule has 0 unspecified atom stereocenters. The Hall–Kier alpha value is -1.87. The van der Waals surface area contributed by atoms with Crippen LogP contribution in [0.25, 0.3) is 0 Å². The highest BCUT2D eigenvalue weighted by Gasteiger charge is 2.53. The van der Waals surface area contributed by atoms with E-state index in [9.17, 15) is 18.5 Å². The molecule has 1 aromatic carbocycles. The number of benzene rings is 1. The quantitative estimate of drug-likeness (QED) is 0.204. The maximum absolute atomic E-state index is 13.1. The number of ether oxygens (including phenoxy) is 10. The first-order valence-corrected chi connectivity index (χ1v) is 14.4. The average Bonchev–Trinajstić information content (AvgIpc) is 2.99. The van der Waals surface area contributed by atoms with Crippen LogP contribution in [-0.4, -0.2) is 138 Å². The van der Waals surface area contributed by atoms with E-state index in [0.717, 1.165) is 24.3 Å². The first-order chi connectivity index (χ1) is 20.1. The molecule has 0 spiro atoms. The monoisotopic (exact) mass is 624 g/mol. The number of nitrogens with one attached hydrogen (secondary N) is 1. The van der Waals surface area contributed by atoms with Gasteiger partial charge in [0, 0.05) is 68.4 Å². The van der Waals surface area contributed by atoms with Gasteiger partial charge in [0.15, 0.2) is 12.6 Å². The molecule has 42 heavy (non-hydrogen) atoms. The fraction of sp³-hybridized carbons (Fsp3) is 0.760. The van der Waals surface area contributed by atoms with E-state index in [1.165, 1.54) is 49.8 Å². The molecular weight excluding hydrogens is 584 g/mol. The Morgan fingerprint density at radius 2 is 1.26 bits per heavy atom. The van der Waals surface area contributed by atoms with Gasteiger partial charge in [0.05, 0.1) is 16.4 Å². The van der Waals surface area contributed by atoms with E-state index in [1.807, 2.05) is 0 Å². The minimum atomic E-state index is -4.11. The summed E-state index contributed by atoms with van der Waals surface area (Å²) in [6, 6.07) is 4.48. The number of nitro groups is 1. The third-order valence-corrected chi connectivity index (χ3v) is 8.67. The van der Waals surface area contributed by atoms with Gasteiger partial charge in [-0.05, 0) is 12.1 Å². The van der Waals surface area contributed by atoms with Gasteiger partial charge in [-0.3, -0.25) is 10.1 Å². The van der Waals surface area contributed by atoms with Crippen LogP contribution in [0.2, 0.25) is 0 Å². The van der Waals surface area contributed by atoms with Crippen LogP contribution in [0.5, 0.6) is 0 Å². The highest BCUT2D eigenvalue weighted by Crippen LogP contribution is 2.34. The van der Waals surface area contributed by atoms with Crippen molar-refractivity contribution in [1.29, 1.82) is 0 Å². The molecule has 0 saturated carbocycles. The van der Waals surface area contributed by atoms with Gasteiger partial charge in [-0.25, -0.2) is 13.1 Å². The lowest BCUT2D eigenvalue weighted by molar-refractivity contribution is -0.384. The predicted octanol–water partition coefficient (Wildman–Crippen LogP) is 0.0759. The van der Waals surface area contributed by atoms with Crippen molar-refractivity contribution in [3.8, 4) is 0 Å².